The Morgan fingerprint density at radius 2 is 1.86 bits per heavy atom. The summed E-state index contributed by atoms with van der Waals surface area (Å²) in [5.74, 6) is -0.690. The van der Waals surface area contributed by atoms with Gasteiger partial charge < -0.3 is 9.67 Å². The van der Waals surface area contributed by atoms with Crippen molar-refractivity contribution in [1.82, 2.24) is 4.57 Å². The predicted octanol–water partition coefficient (Wildman–Crippen LogP) is 4.31. The molecule has 0 aliphatic heterocycles. The van der Waals surface area contributed by atoms with E-state index in [4.69, 9.17) is 0 Å². The second kappa shape index (κ2) is 5.85. The first-order chi connectivity index (χ1) is 10.6. The number of carboxylic acids is 1. The van der Waals surface area contributed by atoms with Crippen molar-refractivity contribution in [2.45, 2.75) is 10.6 Å². The molecule has 0 spiro atoms. The Hall–Kier alpha value is -2.27. The number of carbonyl (C=O) groups is 1. The minimum Gasteiger partial charge on any atom is -0.478 e. The van der Waals surface area contributed by atoms with Crippen LogP contribution in [0.3, 0.4) is 0 Å². The second-order valence-electron chi connectivity index (χ2n) is 4.95. The zero-order chi connectivity index (χ0) is 15.7. The van der Waals surface area contributed by atoms with Crippen LogP contribution in [0.5, 0.6) is 0 Å². The van der Waals surface area contributed by atoms with E-state index in [0.717, 1.165) is 21.5 Å². The highest BCUT2D eigenvalue weighted by Gasteiger charge is 2.20. The number of thioether (sulfide) groups is 1. The number of hydrogen-bond donors (Lipinski definition) is 1. The Morgan fingerprint density at radius 3 is 2.55 bits per heavy atom. The molecule has 0 aliphatic rings. The van der Waals surface area contributed by atoms with Crippen LogP contribution in [0.25, 0.3) is 10.9 Å². The SMILES string of the molecule is Cn1c(CSc2ccc(F)cc2)c(C(=O)O)c2ccccc21. The monoisotopic (exact) mass is 315 g/mol. The highest BCUT2D eigenvalue weighted by molar-refractivity contribution is 7.98. The van der Waals surface area contributed by atoms with E-state index in [1.54, 1.807) is 12.1 Å². The molecule has 0 fully saturated rings. The van der Waals surface area contributed by atoms with Crippen molar-refractivity contribution in [2.75, 3.05) is 0 Å². The van der Waals surface area contributed by atoms with E-state index in [1.165, 1.54) is 23.9 Å². The van der Waals surface area contributed by atoms with Gasteiger partial charge in [-0.1, -0.05) is 18.2 Å². The maximum Gasteiger partial charge on any atom is 0.338 e. The Kier molecular flexibility index (Phi) is 3.90. The zero-order valence-corrected chi connectivity index (χ0v) is 12.7. The molecule has 112 valence electrons. The van der Waals surface area contributed by atoms with Gasteiger partial charge in [-0.05, 0) is 30.3 Å². The lowest BCUT2D eigenvalue weighted by Crippen LogP contribution is -2.03. The Morgan fingerprint density at radius 1 is 1.18 bits per heavy atom. The van der Waals surface area contributed by atoms with Crippen LogP contribution in [-0.2, 0) is 12.8 Å². The molecule has 22 heavy (non-hydrogen) atoms. The van der Waals surface area contributed by atoms with Crippen LogP contribution < -0.4 is 0 Å². The molecule has 0 bridgehead atoms. The van der Waals surface area contributed by atoms with Gasteiger partial charge in [0.1, 0.15) is 5.82 Å². The van der Waals surface area contributed by atoms with E-state index in [1.807, 2.05) is 35.9 Å². The normalized spacial score (nSPS) is 11.0. The summed E-state index contributed by atoms with van der Waals surface area (Å²) in [5.41, 5.74) is 1.99. The first-order valence-corrected chi connectivity index (χ1v) is 7.74. The average molecular weight is 315 g/mol. The standard InChI is InChI=1S/C17H14FNO2S/c1-19-14-5-3-2-4-13(14)16(17(20)21)15(19)10-22-12-8-6-11(18)7-9-12/h2-9H,10H2,1H3,(H,20,21). The first kappa shape index (κ1) is 14.7. The molecular formula is C17H14FNO2S. The van der Waals surface area contributed by atoms with Gasteiger partial charge in [-0.3, -0.25) is 0 Å². The fourth-order valence-electron chi connectivity index (χ4n) is 2.54. The quantitative estimate of drug-likeness (QED) is 0.730. The van der Waals surface area contributed by atoms with Crippen LogP contribution in [-0.4, -0.2) is 15.6 Å². The number of para-hydroxylation sites is 1. The third-order valence-corrected chi connectivity index (χ3v) is 4.65. The molecule has 0 radical (unpaired) electrons. The molecule has 0 aliphatic carbocycles. The number of aromatic nitrogens is 1. The second-order valence-corrected chi connectivity index (χ2v) is 5.99. The number of fused-ring (bicyclic) bond motifs is 1. The lowest BCUT2D eigenvalue weighted by molar-refractivity contribution is 0.0698. The predicted molar refractivity (Wildman–Crippen MR) is 85.8 cm³/mol. The topological polar surface area (TPSA) is 42.2 Å². The summed E-state index contributed by atoms with van der Waals surface area (Å²) in [6, 6.07) is 13.7. The van der Waals surface area contributed by atoms with Crippen molar-refractivity contribution in [3.05, 3.63) is 65.6 Å². The molecule has 3 nitrogen and oxygen atoms in total. The molecule has 1 aromatic heterocycles. The van der Waals surface area contributed by atoms with Gasteiger partial charge in [0.15, 0.2) is 0 Å². The van der Waals surface area contributed by atoms with E-state index >= 15 is 0 Å². The van der Waals surface area contributed by atoms with Crippen LogP contribution in [0.4, 0.5) is 4.39 Å². The van der Waals surface area contributed by atoms with Crippen LogP contribution in [0.2, 0.25) is 0 Å². The number of rotatable bonds is 4. The van der Waals surface area contributed by atoms with Gasteiger partial charge in [-0.25, -0.2) is 9.18 Å². The van der Waals surface area contributed by atoms with Gasteiger partial charge in [0.25, 0.3) is 0 Å². The van der Waals surface area contributed by atoms with Crippen molar-refractivity contribution < 1.29 is 14.3 Å². The fourth-order valence-corrected chi connectivity index (χ4v) is 3.51. The largest absolute Gasteiger partial charge is 0.478 e. The lowest BCUT2D eigenvalue weighted by Gasteiger charge is -2.06. The number of halogens is 1. The molecule has 1 heterocycles. The van der Waals surface area contributed by atoms with Crippen molar-refractivity contribution in [3.8, 4) is 0 Å². The molecule has 0 saturated carbocycles. The molecule has 0 saturated heterocycles. The number of hydrogen-bond acceptors (Lipinski definition) is 2. The van der Waals surface area contributed by atoms with Crippen molar-refractivity contribution in [3.63, 3.8) is 0 Å². The summed E-state index contributed by atoms with van der Waals surface area (Å²) in [6.45, 7) is 0. The molecule has 2 aromatic carbocycles. The molecule has 0 unspecified atom stereocenters. The molecule has 0 amide bonds. The maximum absolute atomic E-state index is 12.9. The summed E-state index contributed by atoms with van der Waals surface area (Å²) < 4.78 is 14.8. The van der Waals surface area contributed by atoms with Gasteiger partial charge >= 0.3 is 5.97 Å². The average Bonchev–Trinajstić information content (AvgIpc) is 2.80. The third-order valence-electron chi connectivity index (χ3n) is 3.63. The summed E-state index contributed by atoms with van der Waals surface area (Å²) >= 11 is 1.49. The summed E-state index contributed by atoms with van der Waals surface area (Å²) in [6.07, 6.45) is 0. The van der Waals surface area contributed by atoms with Crippen LogP contribution in [0.15, 0.2) is 53.4 Å². The van der Waals surface area contributed by atoms with Gasteiger partial charge in [-0.2, -0.15) is 0 Å². The van der Waals surface area contributed by atoms with Crippen LogP contribution in [0, 0.1) is 5.82 Å². The lowest BCUT2D eigenvalue weighted by atomic mass is 10.1. The van der Waals surface area contributed by atoms with Crippen molar-refractivity contribution in [2.24, 2.45) is 7.05 Å². The molecule has 3 aromatic rings. The van der Waals surface area contributed by atoms with Crippen molar-refractivity contribution in [1.29, 1.82) is 0 Å². The number of aromatic carboxylic acids is 1. The number of carboxylic acid groups (broad SMARTS) is 1. The minimum absolute atomic E-state index is 0.278. The van der Waals surface area contributed by atoms with Crippen LogP contribution >= 0.6 is 11.8 Å². The molecular weight excluding hydrogens is 301 g/mol. The summed E-state index contributed by atoms with van der Waals surface area (Å²) in [7, 11) is 1.87. The van der Waals surface area contributed by atoms with Gasteiger partial charge in [0.05, 0.1) is 5.56 Å². The summed E-state index contributed by atoms with van der Waals surface area (Å²) in [5, 5.41) is 10.3. The smallest absolute Gasteiger partial charge is 0.338 e. The van der Waals surface area contributed by atoms with Gasteiger partial charge in [-0.15, -0.1) is 11.8 Å². The van der Waals surface area contributed by atoms with E-state index < -0.39 is 5.97 Å². The summed E-state index contributed by atoms with van der Waals surface area (Å²) in [4.78, 5) is 12.5. The number of nitrogens with zero attached hydrogens (tertiary/aromatic N) is 1. The minimum atomic E-state index is -0.925. The highest BCUT2D eigenvalue weighted by Crippen LogP contribution is 2.30. The van der Waals surface area contributed by atoms with Crippen LogP contribution in [0.1, 0.15) is 16.1 Å². The van der Waals surface area contributed by atoms with E-state index in [2.05, 4.69) is 0 Å². The highest BCUT2D eigenvalue weighted by atomic mass is 32.2. The molecule has 0 atom stereocenters. The van der Waals surface area contributed by atoms with Gasteiger partial charge in [0.2, 0.25) is 0 Å². The van der Waals surface area contributed by atoms with E-state index in [-0.39, 0.29) is 5.82 Å². The Labute approximate surface area is 131 Å². The molecule has 3 rings (SSSR count). The molecule has 1 N–H and O–H groups in total. The van der Waals surface area contributed by atoms with Gasteiger partial charge in [0, 0.05) is 34.3 Å². The van der Waals surface area contributed by atoms with E-state index in [0.29, 0.717) is 11.3 Å². The number of aryl methyl sites for hydroxylation is 1. The maximum atomic E-state index is 12.9. The zero-order valence-electron chi connectivity index (χ0n) is 11.9. The number of benzene rings is 2. The van der Waals surface area contributed by atoms with E-state index in [9.17, 15) is 14.3 Å². The Balaban J connectivity index is 1.99. The Bertz CT molecular complexity index is 840. The fraction of sp³-hybridized carbons (Fsp3) is 0.118. The van der Waals surface area contributed by atoms with Crippen molar-refractivity contribution >= 4 is 28.6 Å². The molecule has 5 heteroatoms. The third kappa shape index (κ3) is 2.60. The first-order valence-electron chi connectivity index (χ1n) is 6.76.